The maximum Gasteiger partial charge on any atom is 0.432 e. The van der Waals surface area contributed by atoms with Gasteiger partial charge in [0.05, 0.1) is 0 Å². The van der Waals surface area contributed by atoms with Crippen molar-refractivity contribution in [3.8, 4) is 33.8 Å². The van der Waals surface area contributed by atoms with Crippen LogP contribution in [-0.4, -0.2) is 0 Å². The average molecular weight is 532 g/mol. The number of hydrogen-bond donors (Lipinski definition) is 0. The molecule has 37 heavy (non-hydrogen) atoms. The number of alkyl halides is 2. The highest BCUT2D eigenvalue weighted by atomic mass is 19.3. The third kappa shape index (κ3) is 5.04. The van der Waals surface area contributed by atoms with Gasteiger partial charge in [-0.2, -0.15) is 8.78 Å². The van der Waals surface area contributed by atoms with Crippen molar-refractivity contribution in [1.82, 2.24) is 0 Å². The summed E-state index contributed by atoms with van der Waals surface area (Å²) in [5.41, 5.74) is -3.82. The van der Waals surface area contributed by atoms with Gasteiger partial charge in [-0.05, 0) is 59.7 Å². The Morgan fingerprint density at radius 2 is 0.946 bits per heavy atom. The topological polar surface area (TPSA) is 18.5 Å². The molecule has 4 aromatic carbocycles. The number of halogens is 10. The Morgan fingerprint density at radius 1 is 0.514 bits per heavy atom. The SMILES string of the molecule is FOc1ccc(-c2cc(F)c(C(F)(F)Oc3ccc(-c4cc(F)c(F)c(F)c4)c(F)c3)c(F)c2)c(F)c1. The third-order valence-corrected chi connectivity index (χ3v) is 5.16. The van der Waals surface area contributed by atoms with E-state index in [1.807, 2.05) is 0 Å². The van der Waals surface area contributed by atoms with E-state index in [9.17, 15) is 44.0 Å². The number of ether oxygens (including phenoxy) is 1. The summed E-state index contributed by atoms with van der Waals surface area (Å²) in [6, 6.07) is 5.94. The number of hydrogen-bond acceptors (Lipinski definition) is 2. The molecule has 0 spiro atoms. The maximum absolute atomic E-state index is 14.7. The molecule has 0 unspecified atom stereocenters. The largest absolute Gasteiger partial charge is 0.432 e. The zero-order chi connectivity index (χ0) is 27.1. The zero-order valence-electron chi connectivity index (χ0n) is 17.9. The Labute approximate surface area is 201 Å². The highest BCUT2D eigenvalue weighted by Crippen LogP contribution is 2.39. The number of benzene rings is 4. The Morgan fingerprint density at radius 3 is 1.41 bits per heavy atom. The second-order valence-corrected chi connectivity index (χ2v) is 7.55. The molecule has 0 fully saturated rings. The molecule has 12 heteroatoms. The molecule has 0 bridgehead atoms. The van der Waals surface area contributed by atoms with Crippen LogP contribution in [0.4, 0.5) is 44.0 Å². The van der Waals surface area contributed by atoms with Crippen molar-refractivity contribution in [2.24, 2.45) is 0 Å². The first-order valence-electron chi connectivity index (χ1n) is 10.0. The lowest BCUT2D eigenvalue weighted by molar-refractivity contribution is -0.189. The summed E-state index contributed by atoms with van der Waals surface area (Å²) in [7, 11) is 0. The van der Waals surface area contributed by atoms with Crippen LogP contribution in [0.25, 0.3) is 22.3 Å². The van der Waals surface area contributed by atoms with Crippen LogP contribution in [-0.2, 0) is 6.11 Å². The van der Waals surface area contributed by atoms with E-state index in [0.29, 0.717) is 36.4 Å². The van der Waals surface area contributed by atoms with E-state index >= 15 is 0 Å². The Balaban J connectivity index is 1.64. The third-order valence-electron chi connectivity index (χ3n) is 5.16. The van der Waals surface area contributed by atoms with E-state index < -0.39 is 86.1 Å². The van der Waals surface area contributed by atoms with E-state index in [-0.39, 0.29) is 0 Å². The van der Waals surface area contributed by atoms with Gasteiger partial charge in [0, 0.05) is 27.8 Å². The molecule has 0 aliphatic carbocycles. The van der Waals surface area contributed by atoms with Gasteiger partial charge in [0.2, 0.25) is 0 Å². The van der Waals surface area contributed by atoms with Gasteiger partial charge in [0.1, 0.15) is 34.6 Å². The van der Waals surface area contributed by atoms with Crippen molar-refractivity contribution in [1.29, 1.82) is 0 Å². The first kappa shape index (κ1) is 25.9. The molecule has 192 valence electrons. The molecule has 0 radical (unpaired) electrons. The highest BCUT2D eigenvalue weighted by molar-refractivity contribution is 5.66. The second kappa shape index (κ2) is 9.68. The lowest BCUT2D eigenvalue weighted by atomic mass is 10.0. The van der Waals surface area contributed by atoms with E-state index in [0.717, 1.165) is 24.3 Å². The minimum atomic E-state index is -4.71. The lowest BCUT2D eigenvalue weighted by Gasteiger charge is -2.20. The van der Waals surface area contributed by atoms with Crippen molar-refractivity contribution in [3.05, 3.63) is 107 Å². The molecular weight excluding hydrogens is 522 g/mol. The maximum atomic E-state index is 14.7. The van der Waals surface area contributed by atoms with Crippen LogP contribution >= 0.6 is 0 Å². The molecule has 0 aliphatic heterocycles. The fourth-order valence-corrected chi connectivity index (χ4v) is 3.49. The Kier molecular flexibility index (Phi) is 6.76. The van der Waals surface area contributed by atoms with Crippen LogP contribution in [0.1, 0.15) is 5.56 Å². The fraction of sp³-hybridized carbons (Fsp3) is 0.0400. The van der Waals surface area contributed by atoms with Crippen LogP contribution in [0.2, 0.25) is 0 Å². The minimum absolute atomic E-state index is 0.358. The molecule has 2 nitrogen and oxygen atoms in total. The molecule has 0 atom stereocenters. The van der Waals surface area contributed by atoms with E-state index in [4.69, 9.17) is 0 Å². The van der Waals surface area contributed by atoms with Crippen LogP contribution in [0.5, 0.6) is 11.5 Å². The summed E-state index contributed by atoms with van der Waals surface area (Å²) >= 11 is 0. The number of rotatable bonds is 6. The lowest BCUT2D eigenvalue weighted by Crippen LogP contribution is -2.25. The predicted molar refractivity (Wildman–Crippen MR) is 110 cm³/mol. The Bertz CT molecular complexity index is 1460. The molecule has 4 rings (SSSR count). The fourth-order valence-electron chi connectivity index (χ4n) is 3.49. The van der Waals surface area contributed by atoms with Gasteiger partial charge in [0.25, 0.3) is 0 Å². The Hall–Kier alpha value is -4.22. The standard InChI is InChI=1S/C25H10F10O2/c26-17-9-13(1-3-15(17)12-7-21(30)24(32)22(31)8-12)36-25(33,34)23-19(28)5-11(6-20(23)29)16-4-2-14(37-35)10-18(16)27/h1-10H. The summed E-state index contributed by atoms with van der Waals surface area (Å²) in [6.07, 6.45) is -4.71. The van der Waals surface area contributed by atoms with Crippen LogP contribution in [0, 0.1) is 40.7 Å². The molecule has 0 saturated carbocycles. The van der Waals surface area contributed by atoms with Gasteiger partial charge < -0.3 is 4.74 Å². The van der Waals surface area contributed by atoms with Gasteiger partial charge >= 0.3 is 6.11 Å². The van der Waals surface area contributed by atoms with Gasteiger partial charge in [0.15, 0.2) is 23.2 Å². The van der Waals surface area contributed by atoms with Gasteiger partial charge in [-0.25, -0.2) is 30.7 Å². The minimum Gasteiger partial charge on any atom is -0.429 e. The van der Waals surface area contributed by atoms with Crippen LogP contribution < -0.4 is 9.68 Å². The molecule has 0 aromatic heterocycles. The zero-order valence-corrected chi connectivity index (χ0v) is 17.9. The molecule has 0 N–H and O–H groups in total. The van der Waals surface area contributed by atoms with E-state index in [2.05, 4.69) is 9.68 Å². The molecule has 0 saturated heterocycles. The van der Waals surface area contributed by atoms with Crippen LogP contribution in [0.3, 0.4) is 0 Å². The van der Waals surface area contributed by atoms with E-state index in [1.54, 1.807) is 0 Å². The van der Waals surface area contributed by atoms with Gasteiger partial charge in [-0.3, -0.25) is 4.94 Å². The first-order valence-corrected chi connectivity index (χ1v) is 10.0. The molecule has 0 heterocycles. The van der Waals surface area contributed by atoms with Crippen LogP contribution in [0.15, 0.2) is 60.7 Å². The summed E-state index contributed by atoms with van der Waals surface area (Å²) in [5, 5.41) is 0. The quantitative estimate of drug-likeness (QED) is 0.184. The van der Waals surface area contributed by atoms with Crippen molar-refractivity contribution in [3.63, 3.8) is 0 Å². The van der Waals surface area contributed by atoms with Gasteiger partial charge in [-0.1, -0.05) is 0 Å². The second-order valence-electron chi connectivity index (χ2n) is 7.55. The van der Waals surface area contributed by atoms with Crippen molar-refractivity contribution in [2.75, 3.05) is 0 Å². The molecular formula is C25H10F10O2. The summed E-state index contributed by atoms with van der Waals surface area (Å²) in [6.45, 7) is 0. The van der Waals surface area contributed by atoms with Crippen molar-refractivity contribution in [2.45, 2.75) is 6.11 Å². The van der Waals surface area contributed by atoms with Gasteiger partial charge in [-0.15, -0.1) is 0 Å². The van der Waals surface area contributed by atoms with E-state index in [1.165, 1.54) is 0 Å². The smallest absolute Gasteiger partial charge is 0.429 e. The first-order chi connectivity index (χ1) is 17.4. The normalized spacial score (nSPS) is 11.5. The summed E-state index contributed by atoms with van der Waals surface area (Å²) in [5.74, 6) is -12.7. The average Bonchev–Trinajstić information content (AvgIpc) is 2.81. The molecule has 4 aromatic rings. The van der Waals surface area contributed by atoms with Crippen molar-refractivity contribution >= 4 is 0 Å². The molecule has 0 amide bonds. The molecule has 0 aliphatic rings. The summed E-state index contributed by atoms with van der Waals surface area (Å²) in [4.78, 5) is 3.33. The predicted octanol–water partition coefficient (Wildman–Crippen LogP) is 8.39. The summed E-state index contributed by atoms with van der Waals surface area (Å²) < 4.78 is 144. The monoisotopic (exact) mass is 532 g/mol. The van der Waals surface area contributed by atoms with Crippen molar-refractivity contribution < 1.29 is 53.7 Å². The highest BCUT2D eigenvalue weighted by Gasteiger charge is 2.41.